The van der Waals surface area contributed by atoms with E-state index in [-0.39, 0.29) is 47.7 Å². The summed E-state index contributed by atoms with van der Waals surface area (Å²) in [6.07, 6.45) is 8.61. The summed E-state index contributed by atoms with van der Waals surface area (Å²) in [7, 11) is 0. The Balaban J connectivity index is 1.24. The Bertz CT molecular complexity index is 1800. The lowest BCUT2D eigenvalue weighted by Gasteiger charge is -2.34. The molecule has 0 aliphatic heterocycles. The predicted molar refractivity (Wildman–Crippen MR) is 177 cm³/mol. The first-order valence-corrected chi connectivity index (χ1v) is 15.3. The molecule has 0 spiro atoms. The van der Waals surface area contributed by atoms with Crippen LogP contribution in [0.25, 0.3) is 0 Å². The number of rotatable bonds is 11. The summed E-state index contributed by atoms with van der Waals surface area (Å²) in [6, 6.07) is 23.0. The molecule has 0 bridgehead atoms. The lowest BCUT2D eigenvalue weighted by Crippen LogP contribution is -2.33. The second-order valence-corrected chi connectivity index (χ2v) is 11.5. The molecule has 9 heteroatoms. The summed E-state index contributed by atoms with van der Waals surface area (Å²) in [5.41, 5.74) is 0.298. The topological polar surface area (TPSA) is 125 Å². The first-order valence-electron chi connectivity index (χ1n) is 15.3. The number of ether oxygens (including phenoxy) is 4. The third kappa shape index (κ3) is 8.51. The molecule has 0 aromatic heterocycles. The molecule has 3 atom stereocenters. The van der Waals surface area contributed by atoms with Crippen molar-refractivity contribution >= 4 is 23.9 Å². The van der Waals surface area contributed by atoms with Gasteiger partial charge in [0.05, 0.1) is 28.4 Å². The number of benzene rings is 3. The summed E-state index contributed by atoms with van der Waals surface area (Å²) in [6.45, 7) is 5.46. The molecule has 0 heterocycles. The fourth-order valence-corrected chi connectivity index (χ4v) is 5.13. The van der Waals surface area contributed by atoms with Gasteiger partial charge in [0, 0.05) is 24.3 Å². The third-order valence-electron chi connectivity index (χ3n) is 7.79. The van der Waals surface area contributed by atoms with Crippen LogP contribution in [0.2, 0.25) is 0 Å². The van der Waals surface area contributed by atoms with Crippen molar-refractivity contribution in [2.75, 3.05) is 0 Å². The van der Waals surface area contributed by atoms with Crippen molar-refractivity contribution in [3.8, 4) is 5.75 Å². The Morgan fingerprint density at radius 1 is 0.833 bits per heavy atom. The van der Waals surface area contributed by atoms with E-state index in [4.69, 9.17) is 18.9 Å². The molecule has 2 aliphatic rings. The maximum atomic E-state index is 13.1. The number of aliphatic hydroxyl groups excluding tert-OH is 1. The summed E-state index contributed by atoms with van der Waals surface area (Å²) >= 11 is 0. The largest absolute Gasteiger partial charge is 0.454 e. The van der Waals surface area contributed by atoms with Crippen LogP contribution < -0.4 is 4.74 Å². The van der Waals surface area contributed by atoms with E-state index < -0.39 is 41.5 Å². The zero-order valence-corrected chi connectivity index (χ0v) is 26.2. The zero-order valence-electron chi connectivity index (χ0n) is 26.2. The smallest absolute Gasteiger partial charge is 0.343 e. The first kappa shape index (κ1) is 33.6. The molecular weight excluding hydrogens is 612 g/mol. The maximum Gasteiger partial charge on any atom is 0.343 e. The lowest BCUT2D eigenvalue weighted by atomic mass is 9.76. The molecule has 244 valence electrons. The average molecular weight is 647 g/mol. The van der Waals surface area contributed by atoms with Crippen LogP contribution in [0.3, 0.4) is 0 Å². The number of carbonyl (C=O) groups excluding carboxylic acids is 4. The van der Waals surface area contributed by atoms with Crippen LogP contribution in [0.15, 0.2) is 145 Å². The molecule has 2 aliphatic carbocycles. The van der Waals surface area contributed by atoms with E-state index in [1.807, 2.05) is 0 Å². The highest BCUT2D eigenvalue weighted by Crippen LogP contribution is 2.39. The quantitative estimate of drug-likeness (QED) is 0.103. The molecular formula is C39H34O9. The number of aliphatic hydroxyl groups is 1. The first-order chi connectivity index (χ1) is 23.1. The van der Waals surface area contributed by atoms with Crippen LogP contribution >= 0.6 is 0 Å². The van der Waals surface area contributed by atoms with E-state index in [0.29, 0.717) is 11.1 Å². The Hall–Kier alpha value is -5.80. The molecule has 0 saturated carbocycles. The van der Waals surface area contributed by atoms with Gasteiger partial charge in [-0.05, 0) is 73.2 Å². The zero-order chi connectivity index (χ0) is 34.1. The average Bonchev–Trinajstić information content (AvgIpc) is 3.09. The highest BCUT2D eigenvalue weighted by atomic mass is 16.6. The van der Waals surface area contributed by atoms with Gasteiger partial charge in [-0.15, -0.1) is 6.58 Å². The summed E-state index contributed by atoms with van der Waals surface area (Å²) in [5, 5.41) is 10.9. The standard InChI is InChI=1S/C39H34O9/c1-3-10-34(40)39(2)24-32(47-37(43)28-15-19-30(20-16-28)45-35(41)26-11-6-4-7-12-26)23-33(25-39)48-38(44)29-17-21-31(22-18-29)46-36(42)27-13-8-5-9-14-27/h3-9,11-21,23-24,31,34,40H,1,10,22,25H2,2H3. The van der Waals surface area contributed by atoms with Crippen LogP contribution in [-0.2, 0) is 19.0 Å². The fraction of sp³-hybridized carbons (Fsp3) is 0.179. The van der Waals surface area contributed by atoms with E-state index in [9.17, 15) is 24.3 Å². The van der Waals surface area contributed by atoms with E-state index in [2.05, 4.69) is 6.58 Å². The van der Waals surface area contributed by atoms with Crippen LogP contribution in [-0.4, -0.2) is 41.2 Å². The van der Waals surface area contributed by atoms with Gasteiger partial charge in [0.2, 0.25) is 0 Å². The van der Waals surface area contributed by atoms with Gasteiger partial charge in [0.1, 0.15) is 23.4 Å². The number of allylic oxidation sites excluding steroid dienone is 2. The molecule has 0 saturated heterocycles. The Labute approximate surface area is 278 Å². The van der Waals surface area contributed by atoms with Crippen LogP contribution in [0, 0.1) is 5.41 Å². The van der Waals surface area contributed by atoms with Gasteiger partial charge in [-0.2, -0.15) is 0 Å². The van der Waals surface area contributed by atoms with Crippen molar-refractivity contribution in [2.24, 2.45) is 5.41 Å². The lowest BCUT2D eigenvalue weighted by molar-refractivity contribution is -0.135. The van der Waals surface area contributed by atoms with Gasteiger partial charge in [-0.25, -0.2) is 19.2 Å². The normalized spacial score (nSPS) is 19.0. The van der Waals surface area contributed by atoms with Crippen LogP contribution in [0.1, 0.15) is 57.3 Å². The highest BCUT2D eigenvalue weighted by molar-refractivity contribution is 5.94. The van der Waals surface area contributed by atoms with Crippen molar-refractivity contribution < 1.29 is 43.2 Å². The van der Waals surface area contributed by atoms with Gasteiger partial charge in [0.15, 0.2) is 0 Å². The van der Waals surface area contributed by atoms with Gasteiger partial charge >= 0.3 is 23.9 Å². The molecule has 5 rings (SSSR count). The van der Waals surface area contributed by atoms with E-state index in [1.165, 1.54) is 36.4 Å². The Morgan fingerprint density at radius 2 is 1.44 bits per heavy atom. The van der Waals surface area contributed by atoms with Crippen molar-refractivity contribution in [2.45, 2.75) is 38.4 Å². The van der Waals surface area contributed by atoms with E-state index in [1.54, 1.807) is 91.9 Å². The SMILES string of the molecule is C=CCC(O)C1(C)C=C(OC(=O)c2ccc(OC(=O)c3ccccc3)cc2)C=C(OC(=O)C2=CCC(OC(=O)c3ccccc3)C=C2)C1. The third-order valence-corrected chi connectivity index (χ3v) is 7.79. The van der Waals surface area contributed by atoms with Crippen molar-refractivity contribution in [3.63, 3.8) is 0 Å². The van der Waals surface area contributed by atoms with Gasteiger partial charge in [0.25, 0.3) is 0 Å². The maximum absolute atomic E-state index is 13.1. The number of esters is 4. The minimum atomic E-state index is -0.961. The fourth-order valence-electron chi connectivity index (χ4n) is 5.13. The number of hydrogen-bond acceptors (Lipinski definition) is 9. The molecule has 0 fully saturated rings. The Morgan fingerprint density at radius 3 is 2.04 bits per heavy atom. The number of carbonyl (C=O) groups is 4. The van der Waals surface area contributed by atoms with Crippen LogP contribution in [0.4, 0.5) is 0 Å². The van der Waals surface area contributed by atoms with Gasteiger partial charge in [-0.1, -0.05) is 55.5 Å². The van der Waals surface area contributed by atoms with Gasteiger partial charge < -0.3 is 24.1 Å². The molecule has 3 aromatic carbocycles. The molecule has 1 N–H and O–H groups in total. The van der Waals surface area contributed by atoms with Gasteiger partial charge in [-0.3, -0.25) is 0 Å². The summed E-state index contributed by atoms with van der Waals surface area (Å²) < 4.78 is 22.3. The van der Waals surface area contributed by atoms with Crippen LogP contribution in [0.5, 0.6) is 5.75 Å². The molecule has 3 aromatic rings. The van der Waals surface area contributed by atoms with Crippen molar-refractivity contribution in [1.29, 1.82) is 0 Å². The van der Waals surface area contributed by atoms with Crippen molar-refractivity contribution in [1.82, 2.24) is 0 Å². The minimum Gasteiger partial charge on any atom is -0.454 e. The van der Waals surface area contributed by atoms with E-state index in [0.717, 1.165) is 0 Å². The molecule has 0 radical (unpaired) electrons. The summed E-state index contributed by atoms with van der Waals surface area (Å²) in [4.78, 5) is 51.0. The Kier molecular flexibility index (Phi) is 10.6. The predicted octanol–water partition coefficient (Wildman–Crippen LogP) is 6.83. The second kappa shape index (κ2) is 15.2. The monoisotopic (exact) mass is 646 g/mol. The minimum absolute atomic E-state index is 0.0836. The molecule has 0 amide bonds. The summed E-state index contributed by atoms with van der Waals surface area (Å²) in [5.74, 6) is -1.84. The second-order valence-electron chi connectivity index (χ2n) is 11.5. The van der Waals surface area contributed by atoms with Crippen molar-refractivity contribution in [3.05, 3.63) is 162 Å². The number of hydrogen-bond donors (Lipinski definition) is 1. The highest BCUT2D eigenvalue weighted by Gasteiger charge is 2.37. The molecule has 48 heavy (non-hydrogen) atoms. The molecule has 3 unspecified atom stereocenters. The molecule has 9 nitrogen and oxygen atoms in total. The van der Waals surface area contributed by atoms with E-state index >= 15 is 0 Å².